The number of halogens is 2. The molecule has 0 amide bonds. The summed E-state index contributed by atoms with van der Waals surface area (Å²) in [4.78, 5) is 14.8. The Bertz CT molecular complexity index is 667. The molecule has 2 aliphatic rings. The van der Waals surface area contributed by atoms with Crippen LogP contribution in [-0.4, -0.2) is 54.6 Å². The molecule has 0 spiro atoms. The molecule has 6 nitrogen and oxygen atoms in total. The van der Waals surface area contributed by atoms with Crippen LogP contribution in [0.4, 0.5) is 20.2 Å². The molecular weight excluding hydrogens is 332 g/mol. The van der Waals surface area contributed by atoms with Crippen LogP contribution >= 0.6 is 0 Å². The van der Waals surface area contributed by atoms with Crippen molar-refractivity contribution in [1.29, 1.82) is 0 Å². The van der Waals surface area contributed by atoms with E-state index in [1.165, 1.54) is 0 Å². The highest BCUT2D eigenvalue weighted by Crippen LogP contribution is 2.42. The van der Waals surface area contributed by atoms with Gasteiger partial charge in [-0.25, -0.2) is 8.78 Å². The van der Waals surface area contributed by atoms with Crippen molar-refractivity contribution in [3.05, 3.63) is 27.8 Å². The Morgan fingerprint density at radius 1 is 1.28 bits per heavy atom. The van der Waals surface area contributed by atoms with E-state index in [4.69, 9.17) is 4.74 Å². The number of nitro groups is 1. The summed E-state index contributed by atoms with van der Waals surface area (Å²) in [5, 5.41) is 11.5. The highest BCUT2D eigenvalue weighted by Gasteiger charge is 2.34. The molecule has 0 unspecified atom stereocenters. The van der Waals surface area contributed by atoms with E-state index in [9.17, 15) is 18.9 Å². The molecule has 0 atom stereocenters. The van der Waals surface area contributed by atoms with E-state index < -0.39 is 6.43 Å². The number of nitro benzene ring substituents is 1. The molecule has 1 saturated heterocycles. The molecule has 0 N–H and O–H groups in total. The van der Waals surface area contributed by atoms with Gasteiger partial charge in [0.15, 0.2) is 0 Å². The Morgan fingerprint density at radius 2 is 2.04 bits per heavy atom. The van der Waals surface area contributed by atoms with Gasteiger partial charge in [-0.1, -0.05) is 0 Å². The van der Waals surface area contributed by atoms with Crippen LogP contribution in [-0.2, 0) is 6.42 Å². The zero-order valence-corrected chi connectivity index (χ0v) is 14.5. The number of benzene rings is 1. The highest BCUT2D eigenvalue weighted by molar-refractivity contribution is 5.69. The molecule has 0 bridgehead atoms. The molecule has 1 aromatic rings. The quantitative estimate of drug-likeness (QED) is 0.614. The molecule has 1 aromatic carbocycles. The SMILES string of the molecule is CC1(C)Cc2cc([N+](=O)[O-])c(N3CCCN(CC(F)F)CC3)cc2O1. The molecule has 0 aromatic heterocycles. The smallest absolute Gasteiger partial charge is 0.293 e. The van der Waals surface area contributed by atoms with E-state index in [-0.39, 0.29) is 22.8 Å². The Kier molecular flexibility index (Phi) is 4.81. The Morgan fingerprint density at radius 3 is 2.72 bits per heavy atom. The minimum Gasteiger partial charge on any atom is -0.487 e. The normalized spacial score (nSPS) is 20.3. The largest absolute Gasteiger partial charge is 0.487 e. The summed E-state index contributed by atoms with van der Waals surface area (Å²) in [5.41, 5.74) is 1.04. The predicted molar refractivity (Wildman–Crippen MR) is 90.8 cm³/mol. The van der Waals surface area contributed by atoms with Crippen LogP contribution in [0.15, 0.2) is 12.1 Å². The Balaban J connectivity index is 1.85. The molecule has 8 heteroatoms. The lowest BCUT2D eigenvalue weighted by Crippen LogP contribution is -2.33. The van der Waals surface area contributed by atoms with Crippen LogP contribution in [0.1, 0.15) is 25.8 Å². The third-order valence-corrected chi connectivity index (χ3v) is 4.68. The van der Waals surface area contributed by atoms with Gasteiger partial charge >= 0.3 is 0 Å². The summed E-state index contributed by atoms with van der Waals surface area (Å²) in [6, 6.07) is 3.34. The van der Waals surface area contributed by atoms with Gasteiger partial charge in [0.25, 0.3) is 12.1 Å². The first-order valence-electron chi connectivity index (χ1n) is 8.51. The van der Waals surface area contributed by atoms with E-state index in [1.807, 2.05) is 18.7 Å². The molecule has 0 saturated carbocycles. The predicted octanol–water partition coefficient (Wildman–Crippen LogP) is 3.09. The molecule has 2 aliphatic heterocycles. The van der Waals surface area contributed by atoms with Crippen molar-refractivity contribution in [3.63, 3.8) is 0 Å². The van der Waals surface area contributed by atoms with Crippen LogP contribution < -0.4 is 9.64 Å². The molecular formula is C17H23F2N3O3. The topological polar surface area (TPSA) is 58.9 Å². The van der Waals surface area contributed by atoms with E-state index >= 15 is 0 Å². The maximum absolute atomic E-state index is 12.6. The van der Waals surface area contributed by atoms with Gasteiger partial charge in [0.2, 0.25) is 0 Å². The van der Waals surface area contributed by atoms with E-state index in [1.54, 1.807) is 17.0 Å². The van der Waals surface area contributed by atoms with Gasteiger partial charge in [-0.15, -0.1) is 0 Å². The second-order valence-corrected chi connectivity index (χ2v) is 7.28. The lowest BCUT2D eigenvalue weighted by atomic mass is 10.0. The summed E-state index contributed by atoms with van der Waals surface area (Å²) in [6.07, 6.45) is -1.05. The second kappa shape index (κ2) is 6.74. The van der Waals surface area contributed by atoms with Crippen LogP contribution in [0.25, 0.3) is 0 Å². The molecule has 0 aliphatic carbocycles. The molecule has 25 heavy (non-hydrogen) atoms. The number of hydrogen-bond acceptors (Lipinski definition) is 5. The van der Waals surface area contributed by atoms with Crippen molar-refractivity contribution in [1.82, 2.24) is 4.90 Å². The van der Waals surface area contributed by atoms with Crippen molar-refractivity contribution in [2.24, 2.45) is 0 Å². The maximum atomic E-state index is 12.6. The summed E-state index contributed by atoms with van der Waals surface area (Å²) < 4.78 is 31.1. The molecule has 138 valence electrons. The van der Waals surface area contributed by atoms with Crippen LogP contribution in [0.3, 0.4) is 0 Å². The zero-order chi connectivity index (χ0) is 18.2. The fourth-order valence-electron chi connectivity index (χ4n) is 3.62. The van der Waals surface area contributed by atoms with Gasteiger partial charge in [0, 0.05) is 50.3 Å². The lowest BCUT2D eigenvalue weighted by Gasteiger charge is -2.24. The fraction of sp³-hybridized carbons (Fsp3) is 0.647. The third-order valence-electron chi connectivity index (χ3n) is 4.68. The second-order valence-electron chi connectivity index (χ2n) is 7.28. The molecule has 1 fully saturated rings. The van der Waals surface area contributed by atoms with Crippen LogP contribution in [0, 0.1) is 10.1 Å². The monoisotopic (exact) mass is 355 g/mol. The van der Waals surface area contributed by atoms with E-state index in [0.717, 1.165) is 5.56 Å². The summed E-state index contributed by atoms with van der Waals surface area (Å²) in [7, 11) is 0. The average Bonchev–Trinajstić information content (AvgIpc) is 2.66. The number of alkyl halides is 2. The Labute approximate surface area is 145 Å². The number of hydrogen-bond donors (Lipinski definition) is 0. The number of nitrogens with zero attached hydrogens (tertiary/aromatic N) is 3. The van der Waals surface area contributed by atoms with Gasteiger partial charge in [0.1, 0.15) is 17.0 Å². The number of ether oxygens (including phenoxy) is 1. The maximum Gasteiger partial charge on any atom is 0.293 e. The number of anilines is 1. The standard InChI is InChI=1S/C17H23F2N3O3/c1-17(2)10-12-8-14(22(23)24)13(9-15(12)25-17)21-5-3-4-20(6-7-21)11-16(18)19/h8-9,16H,3-7,10-11H2,1-2H3. The first kappa shape index (κ1) is 17.8. The van der Waals surface area contributed by atoms with Gasteiger partial charge in [0.05, 0.1) is 11.5 Å². The average molecular weight is 355 g/mol. The number of rotatable bonds is 4. The molecule has 0 radical (unpaired) electrons. The third kappa shape index (κ3) is 4.00. The van der Waals surface area contributed by atoms with Gasteiger partial charge in [-0.05, 0) is 20.3 Å². The van der Waals surface area contributed by atoms with Gasteiger partial charge in [-0.2, -0.15) is 0 Å². The first-order valence-corrected chi connectivity index (χ1v) is 8.51. The zero-order valence-electron chi connectivity index (χ0n) is 14.5. The first-order chi connectivity index (χ1) is 11.7. The van der Waals surface area contributed by atoms with Crippen molar-refractivity contribution >= 4 is 11.4 Å². The van der Waals surface area contributed by atoms with Crippen molar-refractivity contribution in [2.45, 2.75) is 38.7 Å². The van der Waals surface area contributed by atoms with Gasteiger partial charge < -0.3 is 9.64 Å². The van der Waals surface area contributed by atoms with E-state index in [0.29, 0.717) is 50.5 Å². The number of fused-ring (bicyclic) bond motifs is 1. The molecule has 2 heterocycles. The minimum atomic E-state index is -2.36. The van der Waals surface area contributed by atoms with Gasteiger partial charge in [-0.3, -0.25) is 15.0 Å². The lowest BCUT2D eigenvalue weighted by molar-refractivity contribution is -0.384. The van der Waals surface area contributed by atoms with Crippen molar-refractivity contribution in [2.75, 3.05) is 37.6 Å². The summed E-state index contributed by atoms with van der Waals surface area (Å²) in [6.45, 7) is 5.77. The van der Waals surface area contributed by atoms with Crippen LogP contribution in [0.5, 0.6) is 5.75 Å². The van der Waals surface area contributed by atoms with E-state index in [2.05, 4.69) is 0 Å². The highest BCUT2D eigenvalue weighted by atomic mass is 19.3. The van der Waals surface area contributed by atoms with Crippen LogP contribution in [0.2, 0.25) is 0 Å². The Hall–Kier alpha value is -1.96. The minimum absolute atomic E-state index is 0.0577. The van der Waals surface area contributed by atoms with Crippen molar-refractivity contribution in [3.8, 4) is 5.75 Å². The summed E-state index contributed by atoms with van der Waals surface area (Å²) >= 11 is 0. The van der Waals surface area contributed by atoms with Crippen molar-refractivity contribution < 1.29 is 18.4 Å². The summed E-state index contributed by atoms with van der Waals surface area (Å²) in [5.74, 6) is 0.680. The molecule has 3 rings (SSSR count). The fourth-order valence-corrected chi connectivity index (χ4v) is 3.62.